The average Bonchev–Trinajstić information content (AvgIpc) is 2.35. The number of carbonyl (C=O) groups is 1. The van der Waals surface area contributed by atoms with E-state index >= 15 is 0 Å². The van der Waals surface area contributed by atoms with E-state index in [1.165, 1.54) is 7.11 Å². The maximum atomic E-state index is 11.5. The standard InChI is InChI=1S/C12H15ClO4/c1-7-3-4-8(12(16)17-2)9(5-7)11(15)10(14)6-13/h3-5,10-11,14-15H,6H2,1-2H3. The van der Waals surface area contributed by atoms with Crippen molar-refractivity contribution in [1.82, 2.24) is 0 Å². The molecule has 0 saturated heterocycles. The summed E-state index contributed by atoms with van der Waals surface area (Å²) in [5.74, 6) is -0.670. The summed E-state index contributed by atoms with van der Waals surface area (Å²) in [6.07, 6.45) is -2.33. The van der Waals surface area contributed by atoms with Gasteiger partial charge in [0.15, 0.2) is 0 Å². The molecular weight excluding hydrogens is 244 g/mol. The van der Waals surface area contributed by atoms with E-state index in [1.807, 2.05) is 6.92 Å². The highest BCUT2D eigenvalue weighted by molar-refractivity contribution is 6.18. The Kier molecular flexibility index (Phi) is 4.93. The van der Waals surface area contributed by atoms with E-state index in [0.29, 0.717) is 5.56 Å². The number of ether oxygens (including phenoxy) is 1. The van der Waals surface area contributed by atoms with Crippen LogP contribution in [0.5, 0.6) is 0 Å². The minimum atomic E-state index is -1.21. The van der Waals surface area contributed by atoms with Gasteiger partial charge in [0.25, 0.3) is 0 Å². The first-order valence-electron chi connectivity index (χ1n) is 5.12. The summed E-state index contributed by atoms with van der Waals surface area (Å²) in [5, 5.41) is 19.4. The lowest BCUT2D eigenvalue weighted by Gasteiger charge is -2.18. The lowest BCUT2D eigenvalue weighted by Crippen LogP contribution is -2.22. The third-order valence-electron chi connectivity index (χ3n) is 2.45. The molecule has 0 amide bonds. The van der Waals surface area contributed by atoms with Crippen molar-refractivity contribution in [3.63, 3.8) is 0 Å². The highest BCUT2D eigenvalue weighted by Gasteiger charge is 2.23. The molecule has 2 atom stereocenters. The number of halogens is 1. The number of benzene rings is 1. The molecule has 0 fully saturated rings. The van der Waals surface area contributed by atoms with E-state index in [2.05, 4.69) is 4.74 Å². The number of hydrogen-bond acceptors (Lipinski definition) is 4. The Morgan fingerprint density at radius 1 is 1.47 bits per heavy atom. The van der Waals surface area contributed by atoms with Gasteiger partial charge in [0.2, 0.25) is 0 Å². The van der Waals surface area contributed by atoms with Crippen molar-refractivity contribution in [3.8, 4) is 0 Å². The summed E-state index contributed by atoms with van der Waals surface area (Å²) in [6.45, 7) is 1.82. The van der Waals surface area contributed by atoms with Gasteiger partial charge in [-0.3, -0.25) is 0 Å². The van der Waals surface area contributed by atoms with Crippen LogP contribution >= 0.6 is 11.6 Å². The van der Waals surface area contributed by atoms with Crippen molar-refractivity contribution >= 4 is 17.6 Å². The molecule has 0 aliphatic heterocycles. The van der Waals surface area contributed by atoms with Crippen molar-refractivity contribution in [1.29, 1.82) is 0 Å². The molecular formula is C12H15ClO4. The van der Waals surface area contributed by atoms with Crippen molar-refractivity contribution in [2.45, 2.75) is 19.1 Å². The summed E-state index contributed by atoms with van der Waals surface area (Å²) in [6, 6.07) is 4.92. The number of aryl methyl sites for hydroxylation is 1. The van der Waals surface area contributed by atoms with Gasteiger partial charge in [-0.05, 0) is 18.6 Å². The fraction of sp³-hybridized carbons (Fsp3) is 0.417. The maximum Gasteiger partial charge on any atom is 0.338 e. The van der Waals surface area contributed by atoms with Gasteiger partial charge < -0.3 is 14.9 Å². The first kappa shape index (κ1) is 14.0. The van der Waals surface area contributed by atoms with Crippen molar-refractivity contribution in [2.75, 3.05) is 13.0 Å². The van der Waals surface area contributed by atoms with Gasteiger partial charge in [0, 0.05) is 0 Å². The molecule has 2 N–H and O–H groups in total. The minimum Gasteiger partial charge on any atom is -0.465 e. The Labute approximate surface area is 105 Å². The SMILES string of the molecule is COC(=O)c1ccc(C)cc1C(O)C(O)CCl. The maximum absolute atomic E-state index is 11.5. The Hall–Kier alpha value is -1.10. The molecule has 0 heterocycles. The van der Waals surface area contributed by atoms with Crippen LogP contribution in [-0.4, -0.2) is 35.3 Å². The summed E-state index contributed by atoms with van der Waals surface area (Å²) in [5.41, 5.74) is 1.42. The topological polar surface area (TPSA) is 66.8 Å². The molecule has 2 unspecified atom stereocenters. The van der Waals surface area contributed by atoms with Gasteiger partial charge in [-0.15, -0.1) is 11.6 Å². The van der Waals surface area contributed by atoms with E-state index in [-0.39, 0.29) is 11.4 Å². The molecule has 1 aromatic rings. The van der Waals surface area contributed by atoms with Crippen LogP contribution in [0, 0.1) is 6.92 Å². The van der Waals surface area contributed by atoms with Crippen molar-refractivity contribution < 1.29 is 19.7 Å². The molecule has 94 valence electrons. The number of alkyl halides is 1. The molecule has 0 aromatic heterocycles. The van der Waals surface area contributed by atoms with Gasteiger partial charge in [-0.2, -0.15) is 0 Å². The van der Waals surface area contributed by atoms with E-state index in [1.54, 1.807) is 18.2 Å². The Morgan fingerprint density at radius 2 is 2.12 bits per heavy atom. The second kappa shape index (κ2) is 6.00. The third kappa shape index (κ3) is 3.19. The molecule has 0 aliphatic carbocycles. The molecule has 0 aliphatic rings. The molecule has 1 rings (SSSR count). The molecule has 1 aromatic carbocycles. The first-order valence-corrected chi connectivity index (χ1v) is 5.65. The van der Waals surface area contributed by atoms with Gasteiger partial charge in [-0.1, -0.05) is 17.7 Å². The summed E-state index contributed by atoms with van der Waals surface area (Å²) < 4.78 is 4.62. The molecule has 0 radical (unpaired) electrons. The van der Waals surface area contributed by atoms with Crippen LogP contribution in [0.25, 0.3) is 0 Å². The van der Waals surface area contributed by atoms with E-state index < -0.39 is 18.2 Å². The van der Waals surface area contributed by atoms with Crippen LogP contribution < -0.4 is 0 Å². The number of esters is 1. The summed E-state index contributed by atoms with van der Waals surface area (Å²) >= 11 is 5.48. The number of carbonyl (C=O) groups excluding carboxylic acids is 1. The summed E-state index contributed by atoms with van der Waals surface area (Å²) in [4.78, 5) is 11.5. The lowest BCUT2D eigenvalue weighted by atomic mass is 9.97. The monoisotopic (exact) mass is 258 g/mol. The highest BCUT2D eigenvalue weighted by Crippen LogP contribution is 2.24. The van der Waals surface area contributed by atoms with Crippen LogP contribution in [0.3, 0.4) is 0 Å². The number of hydrogen-bond donors (Lipinski definition) is 2. The Morgan fingerprint density at radius 3 is 2.65 bits per heavy atom. The number of rotatable bonds is 4. The zero-order valence-electron chi connectivity index (χ0n) is 9.68. The number of methoxy groups -OCH3 is 1. The molecule has 17 heavy (non-hydrogen) atoms. The van der Waals surface area contributed by atoms with Gasteiger partial charge in [0.1, 0.15) is 6.10 Å². The zero-order chi connectivity index (χ0) is 13.0. The van der Waals surface area contributed by atoms with Crippen molar-refractivity contribution in [2.24, 2.45) is 0 Å². The molecule has 4 nitrogen and oxygen atoms in total. The molecule has 5 heteroatoms. The fourth-order valence-corrected chi connectivity index (χ4v) is 1.68. The smallest absolute Gasteiger partial charge is 0.338 e. The van der Waals surface area contributed by atoms with E-state index in [4.69, 9.17) is 11.6 Å². The highest BCUT2D eigenvalue weighted by atomic mass is 35.5. The lowest BCUT2D eigenvalue weighted by molar-refractivity contribution is 0.0307. The predicted octanol–water partition coefficient (Wildman–Crippen LogP) is 1.41. The van der Waals surface area contributed by atoms with Crippen molar-refractivity contribution in [3.05, 3.63) is 34.9 Å². The third-order valence-corrected chi connectivity index (χ3v) is 2.77. The number of aliphatic hydroxyl groups excluding tert-OH is 2. The first-order chi connectivity index (χ1) is 8.01. The Balaban J connectivity index is 3.19. The van der Waals surface area contributed by atoms with Gasteiger partial charge in [-0.25, -0.2) is 4.79 Å². The molecule has 0 spiro atoms. The van der Waals surface area contributed by atoms with Crippen LogP contribution in [0.2, 0.25) is 0 Å². The van der Waals surface area contributed by atoms with Crippen LogP contribution in [-0.2, 0) is 4.74 Å². The van der Waals surface area contributed by atoms with Crippen LogP contribution in [0.4, 0.5) is 0 Å². The second-order valence-electron chi connectivity index (χ2n) is 3.75. The summed E-state index contributed by atoms with van der Waals surface area (Å²) in [7, 11) is 1.26. The largest absolute Gasteiger partial charge is 0.465 e. The predicted molar refractivity (Wildman–Crippen MR) is 64.2 cm³/mol. The second-order valence-corrected chi connectivity index (χ2v) is 4.06. The van der Waals surface area contributed by atoms with E-state index in [0.717, 1.165) is 5.56 Å². The van der Waals surface area contributed by atoms with Crippen LogP contribution in [0.15, 0.2) is 18.2 Å². The zero-order valence-corrected chi connectivity index (χ0v) is 10.4. The fourth-order valence-electron chi connectivity index (χ4n) is 1.51. The van der Waals surface area contributed by atoms with Gasteiger partial charge >= 0.3 is 5.97 Å². The quantitative estimate of drug-likeness (QED) is 0.633. The normalized spacial score (nSPS) is 14.2. The number of aliphatic hydroxyl groups is 2. The Bertz CT molecular complexity index is 405. The minimum absolute atomic E-state index is 0.115. The van der Waals surface area contributed by atoms with Gasteiger partial charge in [0.05, 0.1) is 24.7 Å². The van der Waals surface area contributed by atoms with E-state index in [9.17, 15) is 15.0 Å². The molecule has 0 saturated carbocycles. The van der Waals surface area contributed by atoms with Crippen LogP contribution in [0.1, 0.15) is 27.6 Å². The molecule has 0 bridgehead atoms. The average molecular weight is 259 g/mol.